The number of halogens is 1. The van der Waals surface area contributed by atoms with Gasteiger partial charge in [0.15, 0.2) is 0 Å². The number of rotatable bonds is 3. The smallest absolute Gasteiger partial charge is 0.242 e. The van der Waals surface area contributed by atoms with E-state index in [0.717, 1.165) is 28.8 Å². The molecule has 1 aromatic carbocycles. The molecule has 4 nitrogen and oxygen atoms in total. The van der Waals surface area contributed by atoms with Gasteiger partial charge in [-0.2, -0.15) is 11.8 Å². The van der Waals surface area contributed by atoms with Crippen molar-refractivity contribution in [3.05, 3.63) is 22.7 Å². The molecule has 0 radical (unpaired) electrons. The molecule has 0 saturated carbocycles. The molecule has 0 aromatic heterocycles. The zero-order valence-corrected chi connectivity index (χ0v) is 12.9. The number of thioether (sulfide) groups is 1. The number of hydrogen-bond donors (Lipinski definition) is 2. The molecule has 2 rings (SSSR count). The average Bonchev–Trinajstić information content (AvgIpc) is 2.29. The van der Waals surface area contributed by atoms with Crippen molar-refractivity contribution in [2.75, 3.05) is 17.2 Å². The largest absolute Gasteiger partial charge is 0.398 e. The van der Waals surface area contributed by atoms with Crippen LogP contribution in [0, 0.1) is 0 Å². The molecule has 100 valence electrons. The lowest BCUT2D eigenvalue weighted by atomic mass is 10.2. The van der Waals surface area contributed by atoms with Crippen LogP contribution in [-0.2, 0) is 10.0 Å². The Morgan fingerprint density at radius 3 is 2.61 bits per heavy atom. The van der Waals surface area contributed by atoms with E-state index in [1.54, 1.807) is 12.1 Å². The molecule has 1 saturated heterocycles. The van der Waals surface area contributed by atoms with Crippen molar-refractivity contribution in [2.45, 2.75) is 23.8 Å². The van der Waals surface area contributed by atoms with Crippen molar-refractivity contribution >= 4 is 43.4 Å². The van der Waals surface area contributed by atoms with Crippen molar-refractivity contribution in [2.24, 2.45) is 0 Å². The van der Waals surface area contributed by atoms with Gasteiger partial charge in [0.2, 0.25) is 10.0 Å². The lowest BCUT2D eigenvalue weighted by Crippen LogP contribution is -2.37. The van der Waals surface area contributed by atoms with Crippen LogP contribution in [0.2, 0.25) is 0 Å². The molecule has 1 aromatic rings. The molecule has 1 heterocycles. The molecular weight excluding hydrogens is 336 g/mol. The predicted molar refractivity (Wildman–Crippen MR) is 79.2 cm³/mol. The van der Waals surface area contributed by atoms with Gasteiger partial charge in [-0.1, -0.05) is 15.9 Å². The van der Waals surface area contributed by atoms with E-state index < -0.39 is 10.0 Å². The number of sulfonamides is 1. The first-order chi connectivity index (χ1) is 8.49. The molecule has 1 aliphatic rings. The van der Waals surface area contributed by atoms with E-state index in [9.17, 15) is 8.42 Å². The minimum absolute atomic E-state index is 0.0271. The summed E-state index contributed by atoms with van der Waals surface area (Å²) in [5.41, 5.74) is 6.03. The lowest BCUT2D eigenvalue weighted by Gasteiger charge is -2.22. The zero-order chi connectivity index (χ0) is 13.2. The highest BCUT2D eigenvalue weighted by molar-refractivity contribution is 9.10. The molecule has 3 N–H and O–H groups in total. The third-order valence-electron chi connectivity index (χ3n) is 2.80. The second-order valence-corrected chi connectivity index (χ2v) is 8.01. The molecule has 7 heteroatoms. The van der Waals surface area contributed by atoms with Gasteiger partial charge in [0.05, 0.1) is 5.69 Å². The highest BCUT2D eigenvalue weighted by Gasteiger charge is 2.23. The van der Waals surface area contributed by atoms with Crippen molar-refractivity contribution < 1.29 is 8.42 Å². The topological polar surface area (TPSA) is 72.2 Å². The van der Waals surface area contributed by atoms with Gasteiger partial charge in [-0.05, 0) is 42.5 Å². The summed E-state index contributed by atoms with van der Waals surface area (Å²) in [4.78, 5) is 0.156. The van der Waals surface area contributed by atoms with E-state index in [-0.39, 0.29) is 16.6 Å². The molecule has 0 bridgehead atoms. The molecule has 0 amide bonds. The SMILES string of the molecule is Nc1cc(Br)ccc1S(=O)(=O)NC1CCSCC1. The Bertz CT molecular complexity index is 528. The first kappa shape index (κ1) is 14.2. The lowest BCUT2D eigenvalue weighted by molar-refractivity contribution is 0.529. The Morgan fingerprint density at radius 1 is 1.33 bits per heavy atom. The Morgan fingerprint density at radius 2 is 2.00 bits per heavy atom. The van der Waals surface area contributed by atoms with Crippen molar-refractivity contribution in [1.29, 1.82) is 0 Å². The first-order valence-electron chi connectivity index (χ1n) is 5.64. The number of benzene rings is 1. The number of anilines is 1. The number of hydrogen-bond acceptors (Lipinski definition) is 4. The maximum absolute atomic E-state index is 12.2. The predicted octanol–water partition coefficient (Wildman–Crippen LogP) is 2.21. The van der Waals surface area contributed by atoms with Gasteiger partial charge in [0.25, 0.3) is 0 Å². The summed E-state index contributed by atoms with van der Waals surface area (Å²) in [5, 5.41) is 0. The molecule has 0 spiro atoms. The first-order valence-corrected chi connectivity index (χ1v) is 9.07. The van der Waals surface area contributed by atoms with Crippen LogP contribution in [0.25, 0.3) is 0 Å². The minimum Gasteiger partial charge on any atom is -0.398 e. The quantitative estimate of drug-likeness (QED) is 0.819. The van der Waals surface area contributed by atoms with Crippen molar-refractivity contribution in [3.63, 3.8) is 0 Å². The molecule has 1 fully saturated rings. The van der Waals surface area contributed by atoms with Gasteiger partial charge in [0.1, 0.15) is 4.90 Å². The maximum atomic E-state index is 12.2. The summed E-state index contributed by atoms with van der Waals surface area (Å²) in [6, 6.07) is 4.84. The Hall–Kier alpha value is -0.240. The Labute approximate surface area is 120 Å². The van der Waals surface area contributed by atoms with E-state index in [1.165, 1.54) is 6.07 Å². The summed E-state index contributed by atoms with van der Waals surface area (Å²) in [6.45, 7) is 0. The Balaban J connectivity index is 2.19. The van der Waals surface area contributed by atoms with Crippen LogP contribution in [0.4, 0.5) is 5.69 Å². The van der Waals surface area contributed by atoms with Gasteiger partial charge >= 0.3 is 0 Å². The van der Waals surface area contributed by atoms with E-state index in [0.29, 0.717) is 0 Å². The third kappa shape index (κ3) is 3.40. The van der Waals surface area contributed by atoms with E-state index in [4.69, 9.17) is 5.73 Å². The molecule has 0 aliphatic carbocycles. The summed E-state index contributed by atoms with van der Waals surface area (Å²) in [6.07, 6.45) is 1.75. The normalized spacial score (nSPS) is 17.8. The van der Waals surface area contributed by atoms with Crippen LogP contribution in [0.5, 0.6) is 0 Å². The Kier molecular flexibility index (Phi) is 4.58. The van der Waals surface area contributed by atoms with Gasteiger partial charge < -0.3 is 5.73 Å². The second kappa shape index (κ2) is 5.81. The monoisotopic (exact) mass is 350 g/mol. The zero-order valence-electron chi connectivity index (χ0n) is 9.73. The van der Waals surface area contributed by atoms with Crippen LogP contribution >= 0.6 is 27.7 Å². The third-order valence-corrected chi connectivity index (χ3v) is 5.94. The highest BCUT2D eigenvalue weighted by atomic mass is 79.9. The van der Waals surface area contributed by atoms with Crippen LogP contribution in [-0.4, -0.2) is 26.0 Å². The fraction of sp³-hybridized carbons (Fsp3) is 0.455. The summed E-state index contributed by atoms with van der Waals surface area (Å²) in [7, 11) is -3.51. The molecule has 18 heavy (non-hydrogen) atoms. The minimum atomic E-state index is -3.51. The van der Waals surface area contributed by atoms with E-state index in [2.05, 4.69) is 20.7 Å². The van der Waals surface area contributed by atoms with Gasteiger partial charge in [0, 0.05) is 10.5 Å². The second-order valence-electron chi connectivity index (χ2n) is 4.19. The standard InChI is InChI=1S/C11H15BrN2O2S2/c12-8-1-2-11(10(13)7-8)18(15,16)14-9-3-5-17-6-4-9/h1-2,7,9,14H,3-6,13H2. The average molecular weight is 351 g/mol. The van der Waals surface area contributed by atoms with Crippen LogP contribution in [0.15, 0.2) is 27.6 Å². The fourth-order valence-corrected chi connectivity index (χ4v) is 4.77. The summed E-state index contributed by atoms with van der Waals surface area (Å²) < 4.78 is 27.9. The van der Waals surface area contributed by atoms with Crippen LogP contribution in [0.1, 0.15) is 12.8 Å². The van der Waals surface area contributed by atoms with Crippen molar-refractivity contribution in [3.8, 4) is 0 Å². The maximum Gasteiger partial charge on any atom is 0.242 e. The summed E-state index contributed by atoms with van der Waals surface area (Å²) in [5.74, 6) is 2.01. The summed E-state index contributed by atoms with van der Waals surface area (Å²) >= 11 is 5.12. The molecule has 0 atom stereocenters. The fourth-order valence-electron chi connectivity index (χ4n) is 1.86. The molecular formula is C11H15BrN2O2S2. The van der Waals surface area contributed by atoms with Crippen molar-refractivity contribution in [1.82, 2.24) is 4.72 Å². The number of nitrogens with two attached hydrogens (primary N) is 1. The van der Waals surface area contributed by atoms with Gasteiger partial charge in [-0.15, -0.1) is 0 Å². The highest BCUT2D eigenvalue weighted by Crippen LogP contribution is 2.24. The number of nitrogens with one attached hydrogen (secondary N) is 1. The molecule has 1 aliphatic heterocycles. The van der Waals surface area contributed by atoms with E-state index >= 15 is 0 Å². The van der Waals surface area contributed by atoms with E-state index in [1.807, 2.05) is 11.8 Å². The van der Waals surface area contributed by atoms with Crippen LogP contribution < -0.4 is 10.5 Å². The van der Waals surface area contributed by atoms with Gasteiger partial charge in [-0.25, -0.2) is 13.1 Å². The molecule has 0 unspecified atom stereocenters. The van der Waals surface area contributed by atoms with Crippen LogP contribution in [0.3, 0.4) is 0 Å². The number of nitrogen functional groups attached to an aromatic ring is 1. The van der Waals surface area contributed by atoms with Gasteiger partial charge in [-0.3, -0.25) is 0 Å².